The van der Waals surface area contributed by atoms with Crippen LogP contribution in [0.3, 0.4) is 0 Å². The zero-order valence-corrected chi connectivity index (χ0v) is 65.8. The first-order chi connectivity index (χ1) is 50.4. The summed E-state index contributed by atoms with van der Waals surface area (Å²) in [4.78, 5) is 19.0. The highest BCUT2D eigenvalue weighted by Gasteiger charge is 2.41. The quantitative estimate of drug-likeness (QED) is 0.0216. The summed E-state index contributed by atoms with van der Waals surface area (Å²) in [6, 6.07) is 26.8. The molecule has 9 aromatic rings. The highest BCUT2D eigenvalue weighted by Crippen LogP contribution is 2.43. The van der Waals surface area contributed by atoms with Gasteiger partial charge >= 0.3 is 18.5 Å². The number of aromatic nitrogens is 6. The largest absolute Gasteiger partial charge is 0.711 e. The van der Waals surface area contributed by atoms with Gasteiger partial charge in [0.05, 0.1) is 39.1 Å². The topological polar surface area (TPSA) is 123 Å². The second-order valence-corrected chi connectivity index (χ2v) is 48.0. The number of pyridine rings is 3. The molecule has 0 spiro atoms. The molecule has 0 saturated carbocycles. The number of halogens is 13. The van der Waals surface area contributed by atoms with Crippen molar-refractivity contribution in [1.82, 2.24) is 43.7 Å². The monoisotopic (exact) mass is 1580 g/mol. The number of ether oxygens (including phenoxy) is 3. The van der Waals surface area contributed by atoms with Crippen molar-refractivity contribution in [2.45, 2.75) is 135 Å². The molecule has 0 bridgehead atoms. The Balaban J connectivity index is 0.000000174. The van der Waals surface area contributed by atoms with Crippen molar-refractivity contribution in [2.24, 2.45) is 0 Å². The molecular weight excluding hydrogens is 1480 g/mol. The lowest BCUT2D eigenvalue weighted by Crippen LogP contribution is -2.46. The molecule has 0 aliphatic carbocycles. The molecule has 3 aliphatic rings. The second kappa shape index (κ2) is 36.6. The maximum Gasteiger partial charge on any atom is 0.420 e. The summed E-state index contributed by atoms with van der Waals surface area (Å²) in [6.07, 6.45) is -6.24. The number of nitrogens with zero attached hydrogens (tertiary/aromatic N) is 11. The van der Waals surface area contributed by atoms with Gasteiger partial charge in [0.25, 0.3) is 5.65 Å². The van der Waals surface area contributed by atoms with Gasteiger partial charge in [0.1, 0.15) is 59.4 Å². The van der Waals surface area contributed by atoms with Gasteiger partial charge in [-0.2, -0.15) is 39.5 Å². The van der Waals surface area contributed by atoms with Crippen LogP contribution in [0.2, 0.25) is 82.1 Å². The van der Waals surface area contributed by atoms with E-state index in [-0.39, 0.29) is 75.8 Å². The number of anilines is 2. The molecule has 6 aromatic heterocycles. The van der Waals surface area contributed by atoms with Crippen molar-refractivity contribution in [1.29, 1.82) is 0 Å². The lowest BCUT2D eigenvalue weighted by molar-refractivity contribution is -0.580. The highest BCUT2D eigenvalue weighted by molar-refractivity contribution is 6.76. The van der Waals surface area contributed by atoms with Gasteiger partial charge in [0.2, 0.25) is 0 Å². The van der Waals surface area contributed by atoms with Gasteiger partial charge < -0.3 is 43.7 Å². The SMILES string of the molecule is C[Si](C)(C)CCOCn1cc(C(F)(F)F)c2c(Cl)ccnc21.C[Si](C)(C)CCOCn1cc(C(F)(F)F)c2c(N3CCN(Cc4ccc(F)cc4)CC3)cc[n+]([O-])c21.C[Si](C)(C)CCOCn1cc(C(F)(F)F)c2c(N3CCN(Cc4ccc(F)cc4)CC3)ccnc21.Fc1ccc(CN2CCNCC2)cc1. The van der Waals surface area contributed by atoms with Crippen molar-refractivity contribution in [3.8, 4) is 0 Å². The number of rotatable bonds is 23. The van der Waals surface area contributed by atoms with E-state index in [1.165, 1.54) is 80.2 Å². The van der Waals surface area contributed by atoms with E-state index in [9.17, 15) is 57.9 Å². The molecule has 1 N–H and O–H groups in total. The van der Waals surface area contributed by atoms with Crippen molar-refractivity contribution in [2.75, 3.05) is 108 Å². The molecule has 0 atom stereocenters. The lowest BCUT2D eigenvalue weighted by Gasteiger charge is -2.36. The fourth-order valence-corrected chi connectivity index (χ4v) is 15.0. The lowest BCUT2D eigenvalue weighted by atomic mass is 10.1. The zero-order valence-electron chi connectivity index (χ0n) is 62.1. The Bertz CT molecular complexity index is 4300. The number of hydrogen-bond donors (Lipinski definition) is 1. The molecular formula is C75H97ClF12N12O4Si3. The molecule has 32 heteroatoms. The van der Waals surface area contributed by atoms with Gasteiger partial charge in [-0.1, -0.05) is 107 Å². The predicted molar refractivity (Wildman–Crippen MR) is 405 cm³/mol. The van der Waals surface area contributed by atoms with Crippen LogP contribution in [-0.4, -0.2) is 161 Å². The van der Waals surface area contributed by atoms with Crippen LogP contribution in [0.5, 0.6) is 0 Å². The first-order valence-corrected chi connectivity index (χ1v) is 47.3. The molecule has 107 heavy (non-hydrogen) atoms. The predicted octanol–water partition coefficient (Wildman–Crippen LogP) is 17.1. The molecule has 0 unspecified atom stereocenters. The average molecular weight is 1580 g/mol. The molecule has 9 heterocycles. The van der Waals surface area contributed by atoms with E-state index in [0.717, 1.165) is 80.6 Å². The van der Waals surface area contributed by atoms with Crippen LogP contribution in [-0.2, 0) is 72.6 Å². The third-order valence-electron chi connectivity index (χ3n) is 18.5. The van der Waals surface area contributed by atoms with Gasteiger partial charge in [0, 0.05) is 178 Å². The minimum absolute atomic E-state index is 0.0321. The average Bonchev–Trinajstić information content (AvgIpc) is 1.62. The molecule has 16 nitrogen and oxygen atoms in total. The Hall–Kier alpha value is -7.05. The van der Waals surface area contributed by atoms with Crippen molar-refractivity contribution in [3.05, 3.63) is 189 Å². The van der Waals surface area contributed by atoms with E-state index < -0.39 is 59.4 Å². The van der Waals surface area contributed by atoms with Crippen LogP contribution >= 0.6 is 11.6 Å². The maximum atomic E-state index is 14.1. The normalized spacial score (nSPS) is 15.5. The summed E-state index contributed by atoms with van der Waals surface area (Å²) in [6.45, 7) is 32.7. The van der Waals surface area contributed by atoms with Gasteiger partial charge in [-0.15, -0.1) is 0 Å². The van der Waals surface area contributed by atoms with Crippen LogP contribution in [0.25, 0.3) is 33.1 Å². The maximum absolute atomic E-state index is 14.1. The minimum atomic E-state index is -4.62. The second-order valence-electron chi connectivity index (χ2n) is 30.8. The Morgan fingerprint density at radius 1 is 0.439 bits per heavy atom. The van der Waals surface area contributed by atoms with Gasteiger partial charge in [-0.25, -0.2) is 32.4 Å². The number of benzene rings is 3. The summed E-state index contributed by atoms with van der Waals surface area (Å²) < 4.78 is 184. The van der Waals surface area contributed by atoms with E-state index in [1.54, 1.807) is 36.5 Å². The first-order valence-electron chi connectivity index (χ1n) is 35.8. The van der Waals surface area contributed by atoms with Crippen LogP contribution in [0, 0.1) is 22.7 Å². The Morgan fingerprint density at radius 2 is 0.776 bits per heavy atom. The van der Waals surface area contributed by atoms with Crippen molar-refractivity contribution < 1.29 is 71.6 Å². The molecule has 0 amide bonds. The molecule has 3 aromatic carbocycles. The molecule has 12 rings (SSSR count). The number of fused-ring (bicyclic) bond motifs is 3. The fraction of sp³-hybridized carbons (Fsp3) is 0.480. The van der Waals surface area contributed by atoms with Crippen LogP contribution < -0.4 is 19.8 Å². The third kappa shape index (κ3) is 24.7. The number of hydrogen-bond acceptors (Lipinski definition) is 12. The first kappa shape index (κ1) is 84.0. The fourth-order valence-electron chi connectivity index (χ4n) is 12.5. The van der Waals surface area contributed by atoms with Crippen LogP contribution in [0.1, 0.15) is 33.4 Å². The molecule has 584 valence electrons. The molecule has 0 radical (unpaired) electrons. The van der Waals surface area contributed by atoms with E-state index >= 15 is 0 Å². The summed E-state index contributed by atoms with van der Waals surface area (Å²) in [5, 5.41) is 16.0. The highest BCUT2D eigenvalue weighted by atomic mass is 35.5. The molecule has 3 fully saturated rings. The van der Waals surface area contributed by atoms with Gasteiger partial charge in [0.15, 0.2) is 6.73 Å². The standard InChI is InChI=1S/C25H32F4N4O2Si.C25H32F4N4OSi.C14H18ClF3N2OSi.C11H15FN2/c1-36(2,3)15-14-35-18-32-17-21(25(27,28)29)23-22(8-9-33(34)24(23)32)31-12-10-30(11-13-31)16-19-4-6-20(26)7-5-19;1-35(2,3)15-14-34-18-33-17-21(25(27,28)29)23-22(8-9-30-24(23)33)32-12-10-31(11-13-32)16-19-4-6-20(26)7-5-19;1-22(2,3)7-6-21-9-20-8-10(14(16,17)18)12-11(15)4-5-19-13(12)20;12-11-3-1-10(2-4-11)9-14-7-5-13-6-8-14/h4-9,17H,10-16,18H2,1-3H3;4-9,17H,10-16,18H2,1-3H3;4-5,8H,6-7,9H2,1-3H3;1-4,13H,5-9H2. The summed E-state index contributed by atoms with van der Waals surface area (Å²) in [7, 11) is -3.89. The molecule has 3 aliphatic heterocycles. The third-order valence-corrected chi connectivity index (χ3v) is 23.9. The summed E-state index contributed by atoms with van der Waals surface area (Å²) in [5.41, 5.74) is 2.24. The Kier molecular flexibility index (Phi) is 28.8. The van der Waals surface area contributed by atoms with E-state index in [1.807, 2.05) is 21.9 Å². The number of piperazine rings is 3. The summed E-state index contributed by atoms with van der Waals surface area (Å²) in [5.74, 6) is -0.718. The molecule has 3 saturated heterocycles. The Morgan fingerprint density at radius 3 is 1.17 bits per heavy atom. The summed E-state index contributed by atoms with van der Waals surface area (Å²) >= 11 is 5.91. The van der Waals surface area contributed by atoms with Crippen molar-refractivity contribution in [3.63, 3.8) is 0 Å². The van der Waals surface area contributed by atoms with E-state index in [0.29, 0.717) is 101 Å². The number of nitrogens with one attached hydrogen (secondary N) is 1. The van der Waals surface area contributed by atoms with E-state index in [2.05, 4.69) is 88.9 Å². The Labute approximate surface area is 625 Å². The minimum Gasteiger partial charge on any atom is -0.711 e. The zero-order chi connectivity index (χ0) is 77.7. The van der Waals surface area contributed by atoms with Crippen LogP contribution in [0.15, 0.2) is 128 Å². The van der Waals surface area contributed by atoms with Gasteiger partial charge in [-0.05, 0) is 83.4 Å². The van der Waals surface area contributed by atoms with Crippen molar-refractivity contribution >= 4 is 80.3 Å². The van der Waals surface area contributed by atoms with Gasteiger partial charge in [-0.3, -0.25) is 14.7 Å². The number of alkyl halides is 9. The smallest absolute Gasteiger partial charge is 0.420 e. The van der Waals surface area contributed by atoms with Crippen LogP contribution in [0.4, 0.5) is 64.1 Å². The van der Waals surface area contributed by atoms with E-state index in [4.69, 9.17) is 25.8 Å².